The van der Waals surface area contributed by atoms with Gasteiger partial charge in [-0.2, -0.15) is 0 Å². The molecule has 2 fully saturated rings. The summed E-state index contributed by atoms with van der Waals surface area (Å²) in [6.45, 7) is 3.68. The van der Waals surface area contributed by atoms with Gasteiger partial charge in [-0.25, -0.2) is 0 Å². The van der Waals surface area contributed by atoms with Crippen molar-refractivity contribution >= 4 is 5.97 Å². The molecule has 5 nitrogen and oxygen atoms in total. The smallest absolute Gasteiger partial charge is 0.306 e. The van der Waals surface area contributed by atoms with Gasteiger partial charge in [0.1, 0.15) is 0 Å². The van der Waals surface area contributed by atoms with Crippen LogP contribution in [0, 0.1) is 5.92 Å². The van der Waals surface area contributed by atoms with Gasteiger partial charge in [-0.1, -0.05) is 0 Å². The lowest BCUT2D eigenvalue weighted by Crippen LogP contribution is -2.41. The Morgan fingerprint density at radius 3 is 2.94 bits per heavy atom. The first-order valence-corrected chi connectivity index (χ1v) is 5.71. The number of carboxylic acids is 1. The number of rotatable bonds is 3. The lowest BCUT2D eigenvalue weighted by Gasteiger charge is -2.35. The molecule has 0 saturated carbocycles. The van der Waals surface area contributed by atoms with Crippen LogP contribution in [0.1, 0.15) is 26.2 Å². The molecule has 2 rings (SSSR count). The molecule has 0 radical (unpaired) electrons. The Kier molecular flexibility index (Phi) is 3.47. The van der Waals surface area contributed by atoms with Crippen LogP contribution >= 0.6 is 0 Å². The summed E-state index contributed by atoms with van der Waals surface area (Å²) in [4.78, 5) is 10.6. The topological polar surface area (TPSA) is 65.0 Å². The lowest BCUT2D eigenvalue weighted by molar-refractivity contribution is -0.212. The summed E-state index contributed by atoms with van der Waals surface area (Å²) in [5.74, 6) is -1.31. The first kappa shape index (κ1) is 11.8. The number of hydrogen-bond donors (Lipinski definition) is 1. The molecule has 16 heavy (non-hydrogen) atoms. The minimum Gasteiger partial charge on any atom is -0.481 e. The summed E-state index contributed by atoms with van der Waals surface area (Å²) in [5.41, 5.74) is 0. The van der Waals surface area contributed by atoms with Crippen molar-refractivity contribution in [3.63, 3.8) is 0 Å². The molecule has 3 unspecified atom stereocenters. The van der Waals surface area contributed by atoms with E-state index in [-0.39, 0.29) is 18.4 Å². The molecule has 0 aromatic carbocycles. The van der Waals surface area contributed by atoms with Crippen molar-refractivity contribution in [1.29, 1.82) is 0 Å². The van der Waals surface area contributed by atoms with Crippen LogP contribution in [-0.2, 0) is 19.0 Å². The average Bonchev–Trinajstić information content (AvgIpc) is 2.62. The van der Waals surface area contributed by atoms with Crippen molar-refractivity contribution in [2.24, 2.45) is 5.92 Å². The maximum absolute atomic E-state index is 10.6. The Morgan fingerprint density at radius 1 is 1.50 bits per heavy atom. The predicted molar refractivity (Wildman–Crippen MR) is 55.0 cm³/mol. The van der Waals surface area contributed by atoms with Crippen LogP contribution in [0.25, 0.3) is 0 Å². The first-order valence-electron chi connectivity index (χ1n) is 5.71. The highest BCUT2D eigenvalue weighted by Crippen LogP contribution is 2.36. The Hall–Kier alpha value is -0.650. The molecule has 2 saturated heterocycles. The average molecular weight is 230 g/mol. The normalized spacial score (nSPS) is 39.8. The third kappa shape index (κ3) is 2.53. The van der Waals surface area contributed by atoms with Gasteiger partial charge in [-0.05, 0) is 19.8 Å². The van der Waals surface area contributed by atoms with Crippen LogP contribution in [-0.4, -0.2) is 42.8 Å². The Balaban J connectivity index is 1.91. The molecule has 0 aromatic heterocycles. The van der Waals surface area contributed by atoms with Gasteiger partial charge < -0.3 is 19.3 Å². The molecular formula is C11H18O5. The van der Waals surface area contributed by atoms with E-state index in [1.807, 2.05) is 6.92 Å². The van der Waals surface area contributed by atoms with E-state index in [0.29, 0.717) is 13.2 Å². The molecule has 0 spiro atoms. The monoisotopic (exact) mass is 230 g/mol. The van der Waals surface area contributed by atoms with Gasteiger partial charge in [0.2, 0.25) is 0 Å². The zero-order valence-corrected chi connectivity index (χ0v) is 9.48. The second kappa shape index (κ2) is 4.69. The summed E-state index contributed by atoms with van der Waals surface area (Å²) in [6.07, 6.45) is 1.69. The second-order valence-corrected chi connectivity index (χ2v) is 4.58. The molecule has 0 aliphatic carbocycles. The Bertz CT molecular complexity index is 261. The van der Waals surface area contributed by atoms with Gasteiger partial charge in [0.25, 0.3) is 0 Å². The van der Waals surface area contributed by atoms with E-state index < -0.39 is 11.8 Å². The molecule has 2 heterocycles. The van der Waals surface area contributed by atoms with Crippen LogP contribution < -0.4 is 0 Å². The Labute approximate surface area is 94.7 Å². The summed E-state index contributed by atoms with van der Waals surface area (Å²) in [6, 6.07) is 0. The summed E-state index contributed by atoms with van der Waals surface area (Å²) in [7, 11) is 0. The minimum atomic E-state index is -0.849. The van der Waals surface area contributed by atoms with Crippen molar-refractivity contribution in [2.45, 2.75) is 38.1 Å². The van der Waals surface area contributed by atoms with Gasteiger partial charge in [0.05, 0.1) is 25.7 Å². The molecular weight excluding hydrogens is 212 g/mol. The summed E-state index contributed by atoms with van der Waals surface area (Å²) in [5, 5.41) is 8.69. The SMILES string of the molecule is CC1(C2CCCOC2)OCC(CC(=O)O)O1. The number of ether oxygens (including phenoxy) is 3. The third-order valence-electron chi connectivity index (χ3n) is 3.26. The first-order chi connectivity index (χ1) is 7.60. The molecule has 0 aromatic rings. The van der Waals surface area contributed by atoms with Gasteiger partial charge in [-0.15, -0.1) is 0 Å². The maximum atomic E-state index is 10.6. The van der Waals surface area contributed by atoms with Crippen molar-refractivity contribution in [3.8, 4) is 0 Å². The van der Waals surface area contributed by atoms with E-state index in [9.17, 15) is 4.79 Å². The highest BCUT2D eigenvalue weighted by molar-refractivity contribution is 5.67. The molecule has 5 heteroatoms. The molecule has 0 bridgehead atoms. The van der Waals surface area contributed by atoms with Gasteiger partial charge in [-0.3, -0.25) is 4.79 Å². The largest absolute Gasteiger partial charge is 0.481 e. The van der Waals surface area contributed by atoms with Gasteiger partial charge >= 0.3 is 5.97 Å². The second-order valence-electron chi connectivity index (χ2n) is 4.58. The lowest BCUT2D eigenvalue weighted by atomic mass is 9.94. The van der Waals surface area contributed by atoms with Crippen molar-refractivity contribution < 1.29 is 24.1 Å². The van der Waals surface area contributed by atoms with Gasteiger partial charge in [0.15, 0.2) is 5.79 Å². The Morgan fingerprint density at radius 2 is 2.31 bits per heavy atom. The van der Waals surface area contributed by atoms with Crippen molar-refractivity contribution in [1.82, 2.24) is 0 Å². The van der Waals surface area contributed by atoms with E-state index in [0.717, 1.165) is 19.4 Å². The van der Waals surface area contributed by atoms with Crippen LogP contribution in [0.5, 0.6) is 0 Å². The standard InChI is InChI=1S/C11H18O5/c1-11(8-3-2-4-14-6-8)15-7-9(16-11)5-10(12)13/h8-9H,2-7H2,1H3,(H,12,13). The number of hydrogen-bond acceptors (Lipinski definition) is 4. The number of carbonyl (C=O) groups is 1. The summed E-state index contributed by atoms with van der Waals surface area (Å²) >= 11 is 0. The van der Waals surface area contributed by atoms with Crippen LogP contribution in [0.2, 0.25) is 0 Å². The van der Waals surface area contributed by atoms with E-state index in [1.54, 1.807) is 0 Å². The molecule has 92 valence electrons. The molecule has 0 amide bonds. The van der Waals surface area contributed by atoms with E-state index >= 15 is 0 Å². The maximum Gasteiger partial charge on any atom is 0.306 e. The predicted octanol–water partition coefficient (Wildman–Crippen LogP) is 1.02. The molecule has 2 aliphatic heterocycles. The number of aliphatic carboxylic acids is 1. The third-order valence-corrected chi connectivity index (χ3v) is 3.26. The fourth-order valence-electron chi connectivity index (χ4n) is 2.32. The van der Waals surface area contributed by atoms with E-state index in [4.69, 9.17) is 19.3 Å². The highest BCUT2D eigenvalue weighted by atomic mass is 16.7. The minimum absolute atomic E-state index is 0.00314. The zero-order chi connectivity index (χ0) is 11.6. The zero-order valence-electron chi connectivity index (χ0n) is 9.48. The van der Waals surface area contributed by atoms with E-state index in [2.05, 4.69) is 0 Å². The van der Waals surface area contributed by atoms with Crippen molar-refractivity contribution in [3.05, 3.63) is 0 Å². The fraction of sp³-hybridized carbons (Fsp3) is 0.909. The molecule has 1 N–H and O–H groups in total. The highest BCUT2D eigenvalue weighted by Gasteiger charge is 2.44. The van der Waals surface area contributed by atoms with Crippen LogP contribution in [0.3, 0.4) is 0 Å². The summed E-state index contributed by atoms with van der Waals surface area (Å²) < 4.78 is 16.7. The quantitative estimate of drug-likeness (QED) is 0.784. The van der Waals surface area contributed by atoms with Crippen molar-refractivity contribution in [2.75, 3.05) is 19.8 Å². The van der Waals surface area contributed by atoms with Crippen LogP contribution in [0.15, 0.2) is 0 Å². The number of carboxylic acid groups (broad SMARTS) is 1. The van der Waals surface area contributed by atoms with Crippen LogP contribution in [0.4, 0.5) is 0 Å². The molecule has 3 atom stereocenters. The fourth-order valence-corrected chi connectivity index (χ4v) is 2.32. The van der Waals surface area contributed by atoms with E-state index in [1.165, 1.54) is 0 Å². The molecule has 2 aliphatic rings. The van der Waals surface area contributed by atoms with Gasteiger partial charge in [0, 0.05) is 12.5 Å².